The van der Waals surface area contributed by atoms with E-state index in [4.69, 9.17) is 4.74 Å². The number of carbonyl (C=O) groups excluding carboxylic acids is 1. The van der Waals surface area contributed by atoms with Crippen molar-refractivity contribution >= 4 is 5.91 Å². The highest BCUT2D eigenvalue weighted by molar-refractivity contribution is 5.95. The van der Waals surface area contributed by atoms with Crippen LogP contribution in [0.2, 0.25) is 0 Å². The first-order valence-corrected chi connectivity index (χ1v) is 8.83. The van der Waals surface area contributed by atoms with E-state index in [0.717, 1.165) is 36.3 Å². The Hall–Kier alpha value is -2.34. The lowest BCUT2D eigenvalue weighted by Crippen LogP contribution is -2.41. The molecule has 1 amide bonds. The van der Waals surface area contributed by atoms with Crippen LogP contribution in [-0.2, 0) is 13.5 Å². The first kappa shape index (κ1) is 16.1. The summed E-state index contributed by atoms with van der Waals surface area (Å²) in [5, 5.41) is 17.0. The molecule has 1 aromatic carbocycles. The summed E-state index contributed by atoms with van der Waals surface area (Å²) in [7, 11) is 1.86. The van der Waals surface area contributed by atoms with Gasteiger partial charge in [-0.25, -0.2) is 0 Å². The minimum atomic E-state index is -0.262. The maximum Gasteiger partial charge on any atom is 0.251 e. The van der Waals surface area contributed by atoms with Crippen LogP contribution >= 0.6 is 0 Å². The second-order valence-corrected chi connectivity index (χ2v) is 7.06. The molecule has 0 spiro atoms. The molecular formula is C19H23N3O3. The molecule has 2 N–H and O–H groups in total. The minimum absolute atomic E-state index is 0.0939. The molecule has 6 nitrogen and oxygen atoms in total. The number of aromatic nitrogens is 2. The summed E-state index contributed by atoms with van der Waals surface area (Å²) in [5.74, 6) is 1.03. The molecule has 0 bridgehead atoms. The van der Waals surface area contributed by atoms with Gasteiger partial charge in [-0.15, -0.1) is 0 Å². The summed E-state index contributed by atoms with van der Waals surface area (Å²) < 4.78 is 7.35. The molecule has 2 heterocycles. The van der Waals surface area contributed by atoms with Crippen molar-refractivity contribution in [2.45, 2.75) is 37.8 Å². The molecule has 2 aromatic rings. The van der Waals surface area contributed by atoms with Crippen LogP contribution in [0.3, 0.4) is 0 Å². The van der Waals surface area contributed by atoms with Gasteiger partial charge in [-0.05, 0) is 55.4 Å². The van der Waals surface area contributed by atoms with E-state index in [1.807, 2.05) is 31.4 Å². The Bertz CT molecular complexity index is 780. The topological polar surface area (TPSA) is 76.4 Å². The summed E-state index contributed by atoms with van der Waals surface area (Å²) in [5.41, 5.74) is 2.72. The van der Waals surface area contributed by atoms with Crippen LogP contribution in [0.5, 0.6) is 5.75 Å². The molecule has 6 heteroatoms. The quantitative estimate of drug-likeness (QED) is 0.892. The standard InChI is InChI=1S/C19H23N3O3/c1-22-11-15(10-20-22)18(14-8-16(23)9-14)21-19(24)13-4-5-17-12(7-13)3-2-6-25-17/h4-5,7,10-11,14,16,18,23H,2-3,6,8-9H2,1H3,(H,21,24). The largest absolute Gasteiger partial charge is 0.493 e. The Kier molecular flexibility index (Phi) is 4.21. The van der Waals surface area contributed by atoms with Gasteiger partial charge < -0.3 is 15.2 Å². The Balaban J connectivity index is 1.54. The molecule has 1 aliphatic heterocycles. The van der Waals surface area contributed by atoms with Crippen molar-refractivity contribution in [3.05, 3.63) is 47.3 Å². The van der Waals surface area contributed by atoms with Crippen LogP contribution in [0.25, 0.3) is 0 Å². The number of nitrogens with zero attached hydrogens (tertiary/aromatic N) is 2. The van der Waals surface area contributed by atoms with Gasteiger partial charge in [-0.2, -0.15) is 5.10 Å². The van der Waals surface area contributed by atoms with Gasteiger partial charge >= 0.3 is 0 Å². The molecule has 1 fully saturated rings. The van der Waals surface area contributed by atoms with Gasteiger partial charge in [0.2, 0.25) is 0 Å². The van der Waals surface area contributed by atoms with Crippen molar-refractivity contribution in [1.29, 1.82) is 0 Å². The van der Waals surface area contributed by atoms with E-state index >= 15 is 0 Å². The number of aliphatic hydroxyl groups is 1. The van der Waals surface area contributed by atoms with Crippen LogP contribution in [-0.4, -0.2) is 33.5 Å². The van der Waals surface area contributed by atoms with Crippen LogP contribution in [0.4, 0.5) is 0 Å². The van der Waals surface area contributed by atoms with Crippen molar-refractivity contribution < 1.29 is 14.6 Å². The number of aliphatic hydroxyl groups excluding tert-OH is 1. The van der Waals surface area contributed by atoms with E-state index in [1.165, 1.54) is 0 Å². The van der Waals surface area contributed by atoms with E-state index in [-0.39, 0.29) is 24.0 Å². The first-order chi connectivity index (χ1) is 12.1. The number of hydrogen-bond acceptors (Lipinski definition) is 4. The third-order valence-corrected chi connectivity index (χ3v) is 5.16. The Morgan fingerprint density at radius 2 is 2.28 bits per heavy atom. The summed E-state index contributed by atoms with van der Waals surface area (Å²) >= 11 is 0. The number of amides is 1. The third kappa shape index (κ3) is 3.26. The number of aryl methyl sites for hydroxylation is 2. The van der Waals surface area contributed by atoms with E-state index in [1.54, 1.807) is 10.9 Å². The van der Waals surface area contributed by atoms with Gasteiger partial charge in [0.25, 0.3) is 5.91 Å². The highest BCUT2D eigenvalue weighted by Gasteiger charge is 2.36. The van der Waals surface area contributed by atoms with Crippen molar-refractivity contribution in [3.8, 4) is 5.75 Å². The number of rotatable bonds is 4. The molecule has 4 rings (SSSR count). The van der Waals surface area contributed by atoms with Crippen molar-refractivity contribution in [1.82, 2.24) is 15.1 Å². The van der Waals surface area contributed by atoms with E-state index in [9.17, 15) is 9.90 Å². The predicted molar refractivity (Wildman–Crippen MR) is 92.4 cm³/mol. The summed E-state index contributed by atoms with van der Waals surface area (Å²) in [6.07, 6.45) is 6.79. The monoisotopic (exact) mass is 341 g/mol. The predicted octanol–water partition coefficient (Wildman–Crippen LogP) is 1.99. The van der Waals surface area contributed by atoms with Gasteiger partial charge in [-0.1, -0.05) is 0 Å². The Labute approximate surface area is 146 Å². The van der Waals surface area contributed by atoms with Gasteiger partial charge in [0.15, 0.2) is 0 Å². The molecule has 0 saturated heterocycles. The normalized spacial score (nSPS) is 23.1. The third-order valence-electron chi connectivity index (χ3n) is 5.16. The van der Waals surface area contributed by atoms with Crippen LogP contribution < -0.4 is 10.1 Å². The average molecular weight is 341 g/mol. The molecule has 1 saturated carbocycles. The summed E-state index contributed by atoms with van der Waals surface area (Å²) in [6.45, 7) is 0.742. The average Bonchev–Trinajstić information content (AvgIpc) is 3.03. The fraction of sp³-hybridized carbons (Fsp3) is 0.474. The second kappa shape index (κ2) is 6.52. The van der Waals surface area contributed by atoms with Gasteiger partial charge in [0.05, 0.1) is 24.9 Å². The van der Waals surface area contributed by atoms with Gasteiger partial charge in [0.1, 0.15) is 5.75 Å². The number of carbonyl (C=O) groups is 1. The Morgan fingerprint density at radius 3 is 3.00 bits per heavy atom. The molecule has 1 atom stereocenters. The maximum atomic E-state index is 12.8. The zero-order chi connectivity index (χ0) is 17.4. The minimum Gasteiger partial charge on any atom is -0.493 e. The molecule has 1 aliphatic carbocycles. The van der Waals surface area contributed by atoms with Crippen molar-refractivity contribution in [2.75, 3.05) is 6.61 Å². The summed E-state index contributed by atoms with van der Waals surface area (Å²) in [4.78, 5) is 12.8. The lowest BCUT2D eigenvalue weighted by atomic mass is 9.75. The number of hydrogen-bond donors (Lipinski definition) is 2. The summed E-state index contributed by atoms with van der Waals surface area (Å²) in [6, 6.07) is 5.50. The SMILES string of the molecule is Cn1cc(C(NC(=O)c2ccc3c(c2)CCCO3)C2CC(O)C2)cn1. The molecule has 1 unspecified atom stereocenters. The van der Waals surface area contributed by atoms with Gasteiger partial charge in [-0.3, -0.25) is 9.48 Å². The second-order valence-electron chi connectivity index (χ2n) is 7.06. The first-order valence-electron chi connectivity index (χ1n) is 8.83. The molecule has 25 heavy (non-hydrogen) atoms. The van der Waals surface area contributed by atoms with E-state index in [0.29, 0.717) is 18.4 Å². The van der Waals surface area contributed by atoms with E-state index in [2.05, 4.69) is 10.4 Å². The highest BCUT2D eigenvalue weighted by atomic mass is 16.5. The van der Waals surface area contributed by atoms with Crippen molar-refractivity contribution in [2.24, 2.45) is 13.0 Å². The number of ether oxygens (including phenoxy) is 1. The molecular weight excluding hydrogens is 318 g/mol. The van der Waals surface area contributed by atoms with Crippen LogP contribution in [0.1, 0.15) is 46.8 Å². The fourth-order valence-corrected chi connectivity index (χ4v) is 3.70. The van der Waals surface area contributed by atoms with Gasteiger partial charge in [0, 0.05) is 24.4 Å². The van der Waals surface area contributed by atoms with Crippen LogP contribution in [0, 0.1) is 5.92 Å². The highest BCUT2D eigenvalue weighted by Crippen LogP contribution is 2.38. The number of fused-ring (bicyclic) bond motifs is 1. The molecule has 1 aromatic heterocycles. The molecule has 2 aliphatic rings. The number of nitrogens with one attached hydrogen (secondary N) is 1. The number of benzene rings is 1. The lowest BCUT2D eigenvalue weighted by Gasteiger charge is -2.37. The molecule has 132 valence electrons. The zero-order valence-electron chi connectivity index (χ0n) is 14.3. The smallest absolute Gasteiger partial charge is 0.251 e. The maximum absolute atomic E-state index is 12.8. The van der Waals surface area contributed by atoms with Crippen molar-refractivity contribution in [3.63, 3.8) is 0 Å². The zero-order valence-corrected chi connectivity index (χ0v) is 14.3. The van der Waals surface area contributed by atoms with E-state index < -0.39 is 0 Å². The Morgan fingerprint density at radius 1 is 1.44 bits per heavy atom. The molecule has 0 radical (unpaired) electrons. The fourth-order valence-electron chi connectivity index (χ4n) is 3.70. The van der Waals surface area contributed by atoms with Crippen LogP contribution in [0.15, 0.2) is 30.6 Å². The lowest BCUT2D eigenvalue weighted by molar-refractivity contribution is 0.0235.